The number of ketones is 1. The van der Waals surface area contributed by atoms with E-state index in [2.05, 4.69) is 5.32 Å². The van der Waals surface area contributed by atoms with E-state index in [-0.39, 0.29) is 11.8 Å². The van der Waals surface area contributed by atoms with Crippen molar-refractivity contribution in [2.45, 2.75) is 19.9 Å². The number of carbonyl (C=O) groups excluding carboxylic acids is 4. The first-order valence-corrected chi connectivity index (χ1v) is 8.93. The molecular weight excluding hydrogens is 376 g/mol. The zero-order chi connectivity index (χ0) is 21.2. The molecule has 0 saturated carbocycles. The van der Waals surface area contributed by atoms with Gasteiger partial charge in [0, 0.05) is 17.2 Å². The van der Waals surface area contributed by atoms with Gasteiger partial charge < -0.3 is 14.8 Å². The number of amides is 3. The quantitative estimate of drug-likeness (QED) is 0.520. The minimum atomic E-state index is -0.770. The van der Waals surface area contributed by atoms with Gasteiger partial charge in [0.25, 0.3) is 5.91 Å². The molecule has 0 aliphatic heterocycles. The average molecular weight is 398 g/mol. The zero-order valence-corrected chi connectivity index (χ0v) is 16.1. The molecule has 152 valence electrons. The summed E-state index contributed by atoms with van der Waals surface area (Å²) in [5.41, 5.74) is 1.06. The fourth-order valence-corrected chi connectivity index (χ4v) is 2.25. The first-order chi connectivity index (χ1) is 13.8. The SMILES string of the molecule is CC(C)NC(=O)NC(=O)COC(=O)COc1ccc(C(=O)c2ccccc2)cc1. The van der Waals surface area contributed by atoms with Gasteiger partial charge in [0.1, 0.15) is 5.75 Å². The minimum absolute atomic E-state index is 0.121. The number of hydrogen-bond donors (Lipinski definition) is 2. The number of nitrogens with one attached hydrogen (secondary N) is 2. The molecular formula is C21H22N2O6. The van der Waals surface area contributed by atoms with Gasteiger partial charge in [-0.15, -0.1) is 0 Å². The number of urea groups is 1. The number of hydrogen-bond acceptors (Lipinski definition) is 6. The van der Waals surface area contributed by atoms with Gasteiger partial charge in [-0.1, -0.05) is 30.3 Å². The lowest BCUT2D eigenvalue weighted by Crippen LogP contribution is -2.44. The highest BCUT2D eigenvalue weighted by Gasteiger charge is 2.12. The van der Waals surface area contributed by atoms with Gasteiger partial charge in [-0.05, 0) is 38.1 Å². The minimum Gasteiger partial charge on any atom is -0.482 e. The van der Waals surface area contributed by atoms with Crippen molar-refractivity contribution in [1.82, 2.24) is 10.6 Å². The van der Waals surface area contributed by atoms with Crippen molar-refractivity contribution in [2.24, 2.45) is 0 Å². The highest BCUT2D eigenvalue weighted by atomic mass is 16.6. The molecule has 8 nitrogen and oxygen atoms in total. The lowest BCUT2D eigenvalue weighted by atomic mass is 10.0. The molecule has 0 unspecified atom stereocenters. The monoisotopic (exact) mass is 398 g/mol. The van der Waals surface area contributed by atoms with E-state index in [1.54, 1.807) is 62.4 Å². The molecule has 0 heterocycles. The second-order valence-corrected chi connectivity index (χ2v) is 6.35. The highest BCUT2D eigenvalue weighted by molar-refractivity contribution is 6.09. The number of rotatable bonds is 8. The molecule has 0 bridgehead atoms. The van der Waals surface area contributed by atoms with E-state index in [4.69, 9.17) is 9.47 Å². The summed E-state index contributed by atoms with van der Waals surface area (Å²) in [4.78, 5) is 46.9. The van der Waals surface area contributed by atoms with Crippen molar-refractivity contribution >= 4 is 23.7 Å². The molecule has 3 amide bonds. The van der Waals surface area contributed by atoms with E-state index in [0.717, 1.165) is 0 Å². The fraction of sp³-hybridized carbons (Fsp3) is 0.238. The number of imide groups is 1. The Morgan fingerprint density at radius 1 is 0.862 bits per heavy atom. The predicted molar refractivity (Wildman–Crippen MR) is 105 cm³/mol. The van der Waals surface area contributed by atoms with Crippen LogP contribution < -0.4 is 15.4 Å². The second-order valence-electron chi connectivity index (χ2n) is 6.35. The Hall–Kier alpha value is -3.68. The van der Waals surface area contributed by atoms with Crippen molar-refractivity contribution in [3.8, 4) is 5.75 Å². The summed E-state index contributed by atoms with van der Waals surface area (Å²) in [7, 11) is 0. The average Bonchev–Trinajstić information content (AvgIpc) is 2.70. The maximum atomic E-state index is 12.3. The predicted octanol–water partition coefficient (Wildman–Crippen LogP) is 2.07. The van der Waals surface area contributed by atoms with Crippen molar-refractivity contribution in [1.29, 1.82) is 0 Å². The first kappa shape index (κ1) is 21.6. The Bertz CT molecular complexity index is 862. The molecule has 0 radical (unpaired) electrons. The molecule has 2 N–H and O–H groups in total. The topological polar surface area (TPSA) is 111 Å². The van der Waals surface area contributed by atoms with Gasteiger partial charge in [-0.3, -0.25) is 14.9 Å². The van der Waals surface area contributed by atoms with Gasteiger partial charge in [-0.2, -0.15) is 0 Å². The van der Waals surface area contributed by atoms with Crippen molar-refractivity contribution in [2.75, 3.05) is 13.2 Å². The molecule has 2 rings (SSSR count). The van der Waals surface area contributed by atoms with Gasteiger partial charge in [0.15, 0.2) is 19.0 Å². The second kappa shape index (κ2) is 10.6. The van der Waals surface area contributed by atoms with E-state index in [1.165, 1.54) is 0 Å². The number of carbonyl (C=O) groups is 4. The fourth-order valence-electron chi connectivity index (χ4n) is 2.25. The van der Waals surface area contributed by atoms with E-state index < -0.39 is 31.1 Å². The number of esters is 1. The molecule has 2 aromatic rings. The Morgan fingerprint density at radius 3 is 2.10 bits per heavy atom. The van der Waals surface area contributed by atoms with Gasteiger partial charge >= 0.3 is 12.0 Å². The van der Waals surface area contributed by atoms with E-state index >= 15 is 0 Å². The van der Waals surface area contributed by atoms with Gasteiger partial charge in [0.05, 0.1) is 0 Å². The Balaban J connectivity index is 1.75. The summed E-state index contributed by atoms with van der Waals surface area (Å²) in [5, 5.41) is 4.50. The zero-order valence-electron chi connectivity index (χ0n) is 16.1. The molecule has 0 fully saturated rings. The smallest absolute Gasteiger partial charge is 0.344 e. The normalized spacial score (nSPS) is 10.2. The molecule has 8 heteroatoms. The third kappa shape index (κ3) is 7.45. The molecule has 0 atom stereocenters. The maximum absolute atomic E-state index is 12.3. The van der Waals surface area contributed by atoms with Crippen LogP contribution in [0.1, 0.15) is 29.8 Å². The molecule has 0 aliphatic carbocycles. The summed E-state index contributed by atoms with van der Waals surface area (Å²) in [6.45, 7) is 2.47. The highest BCUT2D eigenvalue weighted by Crippen LogP contribution is 2.15. The van der Waals surface area contributed by atoms with Crippen LogP contribution in [0, 0.1) is 0 Å². The van der Waals surface area contributed by atoms with E-state index in [0.29, 0.717) is 16.9 Å². The van der Waals surface area contributed by atoms with E-state index in [1.807, 2.05) is 11.4 Å². The summed E-state index contributed by atoms with van der Waals surface area (Å²) >= 11 is 0. The van der Waals surface area contributed by atoms with Crippen LogP contribution in [0.5, 0.6) is 5.75 Å². The summed E-state index contributed by atoms with van der Waals surface area (Å²) in [6, 6.07) is 14.4. The molecule has 0 spiro atoms. The molecule has 2 aromatic carbocycles. The van der Waals surface area contributed by atoms with Crippen molar-refractivity contribution in [3.05, 3.63) is 65.7 Å². The largest absolute Gasteiger partial charge is 0.482 e. The van der Waals surface area contributed by atoms with Crippen LogP contribution in [0.2, 0.25) is 0 Å². The third-order valence-corrected chi connectivity index (χ3v) is 3.55. The van der Waals surface area contributed by atoms with Crippen LogP contribution in [0.15, 0.2) is 54.6 Å². The Morgan fingerprint density at radius 2 is 1.48 bits per heavy atom. The van der Waals surface area contributed by atoms with Crippen LogP contribution in [0.3, 0.4) is 0 Å². The Kier molecular flexibility index (Phi) is 7.90. The third-order valence-electron chi connectivity index (χ3n) is 3.55. The molecule has 29 heavy (non-hydrogen) atoms. The van der Waals surface area contributed by atoms with Crippen LogP contribution >= 0.6 is 0 Å². The van der Waals surface area contributed by atoms with Gasteiger partial charge in [0.2, 0.25) is 0 Å². The number of ether oxygens (including phenoxy) is 2. The first-order valence-electron chi connectivity index (χ1n) is 8.93. The number of benzene rings is 2. The van der Waals surface area contributed by atoms with Crippen LogP contribution in [-0.2, 0) is 14.3 Å². The van der Waals surface area contributed by atoms with Crippen LogP contribution in [0.4, 0.5) is 4.79 Å². The Labute approximate surface area is 168 Å². The van der Waals surface area contributed by atoms with Crippen LogP contribution in [-0.4, -0.2) is 42.9 Å². The maximum Gasteiger partial charge on any atom is 0.344 e. The lowest BCUT2D eigenvalue weighted by Gasteiger charge is -2.10. The summed E-state index contributed by atoms with van der Waals surface area (Å²) < 4.78 is 10.0. The summed E-state index contributed by atoms with van der Waals surface area (Å²) in [6.07, 6.45) is 0. The van der Waals surface area contributed by atoms with Crippen LogP contribution in [0.25, 0.3) is 0 Å². The molecule has 0 aromatic heterocycles. The van der Waals surface area contributed by atoms with Crippen molar-refractivity contribution in [3.63, 3.8) is 0 Å². The summed E-state index contributed by atoms with van der Waals surface area (Å²) in [5.74, 6) is -1.27. The van der Waals surface area contributed by atoms with Crippen molar-refractivity contribution < 1.29 is 28.7 Å². The lowest BCUT2D eigenvalue weighted by molar-refractivity contribution is -0.150. The molecule has 0 saturated heterocycles. The standard InChI is InChI=1S/C21H22N2O6/c1-14(2)22-21(27)23-18(24)12-29-19(25)13-28-17-10-8-16(9-11-17)20(26)15-6-4-3-5-7-15/h3-11,14H,12-13H2,1-2H3,(H2,22,23,24,27). The van der Waals surface area contributed by atoms with Gasteiger partial charge in [-0.25, -0.2) is 9.59 Å². The van der Waals surface area contributed by atoms with E-state index in [9.17, 15) is 19.2 Å². The molecule has 0 aliphatic rings.